The van der Waals surface area contributed by atoms with E-state index in [9.17, 15) is 9.18 Å². The summed E-state index contributed by atoms with van der Waals surface area (Å²) in [4.78, 5) is 14.5. The van der Waals surface area contributed by atoms with Crippen LogP contribution in [0.5, 0.6) is 0 Å². The molecule has 102 valence electrons. The van der Waals surface area contributed by atoms with Gasteiger partial charge in [0.05, 0.1) is 0 Å². The number of halogens is 1. The summed E-state index contributed by atoms with van der Waals surface area (Å²) in [5.41, 5.74) is 1.65. The summed E-state index contributed by atoms with van der Waals surface area (Å²) in [6.07, 6.45) is -0.712. The molecule has 0 spiro atoms. The van der Waals surface area contributed by atoms with E-state index in [0.717, 1.165) is 5.56 Å². The van der Waals surface area contributed by atoms with Crippen LogP contribution in [0, 0.1) is 24.1 Å². The minimum absolute atomic E-state index is 0.168. The predicted molar refractivity (Wildman–Crippen MR) is 70.5 cm³/mol. The molecule has 0 saturated heterocycles. The maximum absolute atomic E-state index is 13.7. The van der Waals surface area contributed by atoms with Crippen molar-refractivity contribution in [2.24, 2.45) is 0 Å². The summed E-state index contributed by atoms with van der Waals surface area (Å²) in [6, 6.07) is 9.46. The van der Waals surface area contributed by atoms with Crippen LogP contribution < -0.4 is 0 Å². The van der Waals surface area contributed by atoms with Crippen molar-refractivity contribution in [3.8, 4) is 6.07 Å². The number of aromatic nitrogens is 1. The molecule has 5 heteroatoms. The summed E-state index contributed by atoms with van der Waals surface area (Å²) in [5, 5.41) is 8.68. The number of nitriles is 1. The lowest BCUT2D eigenvalue weighted by molar-refractivity contribution is 0.0325. The molecule has 1 atom stereocenters. The lowest BCUT2D eigenvalue weighted by Crippen LogP contribution is -2.11. The summed E-state index contributed by atoms with van der Waals surface area (Å²) in [7, 11) is 0. The number of nitrogens with one attached hydrogen (secondary N) is 1. The highest BCUT2D eigenvalue weighted by Gasteiger charge is 2.18. The number of carbonyl (C=O) groups excluding carboxylic acids is 1. The van der Waals surface area contributed by atoms with Crippen LogP contribution in [0.2, 0.25) is 0 Å². The first-order valence-electron chi connectivity index (χ1n) is 6.07. The zero-order valence-corrected chi connectivity index (χ0v) is 11.1. The maximum Gasteiger partial charge on any atom is 0.355 e. The second kappa shape index (κ2) is 5.57. The number of ether oxygens (including phenoxy) is 1. The normalized spacial score (nSPS) is 11.7. The van der Waals surface area contributed by atoms with Gasteiger partial charge in [-0.3, -0.25) is 0 Å². The Morgan fingerprint density at radius 1 is 1.40 bits per heavy atom. The molecular weight excluding hydrogens is 259 g/mol. The average Bonchev–Trinajstić information content (AvgIpc) is 2.90. The fourth-order valence-electron chi connectivity index (χ4n) is 1.84. The van der Waals surface area contributed by atoms with Crippen molar-refractivity contribution in [2.45, 2.75) is 20.0 Å². The summed E-state index contributed by atoms with van der Waals surface area (Å²) >= 11 is 0. The first kappa shape index (κ1) is 13.8. The molecule has 0 bridgehead atoms. The Hall–Kier alpha value is -2.61. The fourth-order valence-corrected chi connectivity index (χ4v) is 1.84. The number of hydrogen-bond donors (Lipinski definition) is 1. The van der Waals surface area contributed by atoms with Crippen LogP contribution in [0.25, 0.3) is 0 Å². The Morgan fingerprint density at radius 2 is 2.15 bits per heavy atom. The molecule has 0 aliphatic rings. The van der Waals surface area contributed by atoms with Crippen molar-refractivity contribution >= 4 is 5.97 Å². The third kappa shape index (κ3) is 2.86. The third-order valence-corrected chi connectivity index (χ3v) is 2.90. The van der Waals surface area contributed by atoms with E-state index in [1.54, 1.807) is 19.1 Å². The molecule has 1 heterocycles. The van der Waals surface area contributed by atoms with Gasteiger partial charge in [0.15, 0.2) is 0 Å². The van der Waals surface area contributed by atoms with Gasteiger partial charge < -0.3 is 9.72 Å². The van der Waals surface area contributed by atoms with Gasteiger partial charge >= 0.3 is 5.97 Å². The van der Waals surface area contributed by atoms with Gasteiger partial charge in [0.1, 0.15) is 29.4 Å². The zero-order chi connectivity index (χ0) is 14.7. The zero-order valence-electron chi connectivity index (χ0n) is 11.1. The van der Waals surface area contributed by atoms with Crippen LogP contribution >= 0.6 is 0 Å². The Labute approximate surface area is 115 Å². The molecule has 1 aromatic heterocycles. The van der Waals surface area contributed by atoms with Crippen LogP contribution in [0.4, 0.5) is 4.39 Å². The molecule has 0 radical (unpaired) electrons. The topological polar surface area (TPSA) is 65.9 Å². The van der Waals surface area contributed by atoms with Crippen molar-refractivity contribution in [1.29, 1.82) is 5.26 Å². The van der Waals surface area contributed by atoms with Crippen LogP contribution in [-0.4, -0.2) is 11.0 Å². The average molecular weight is 272 g/mol. The molecule has 0 aliphatic carbocycles. The van der Waals surface area contributed by atoms with Crippen LogP contribution in [-0.2, 0) is 4.74 Å². The van der Waals surface area contributed by atoms with Gasteiger partial charge in [0, 0.05) is 5.56 Å². The van der Waals surface area contributed by atoms with Crippen molar-refractivity contribution in [3.05, 3.63) is 58.7 Å². The van der Waals surface area contributed by atoms with E-state index >= 15 is 0 Å². The van der Waals surface area contributed by atoms with Crippen molar-refractivity contribution in [1.82, 2.24) is 4.98 Å². The number of rotatable bonds is 3. The minimum atomic E-state index is -0.712. The number of carbonyl (C=O) groups is 1. The molecule has 1 aromatic carbocycles. The molecule has 0 amide bonds. The molecule has 1 unspecified atom stereocenters. The maximum atomic E-state index is 13.7. The van der Waals surface area contributed by atoms with E-state index in [4.69, 9.17) is 10.00 Å². The van der Waals surface area contributed by atoms with Gasteiger partial charge in [-0.15, -0.1) is 0 Å². The van der Waals surface area contributed by atoms with E-state index in [0.29, 0.717) is 5.56 Å². The van der Waals surface area contributed by atoms with Crippen molar-refractivity contribution in [2.75, 3.05) is 0 Å². The molecule has 2 aromatic rings. The molecule has 1 N–H and O–H groups in total. The second-order valence-electron chi connectivity index (χ2n) is 4.47. The molecule has 0 fully saturated rings. The van der Waals surface area contributed by atoms with E-state index < -0.39 is 17.9 Å². The van der Waals surface area contributed by atoms with Crippen LogP contribution in [0.15, 0.2) is 30.3 Å². The number of aromatic amines is 1. The Balaban J connectivity index is 2.15. The Kier molecular flexibility index (Phi) is 3.85. The monoisotopic (exact) mass is 272 g/mol. The predicted octanol–water partition coefficient (Wildman–Crippen LogP) is 3.25. The van der Waals surface area contributed by atoms with Gasteiger partial charge in [-0.25, -0.2) is 9.18 Å². The van der Waals surface area contributed by atoms with Gasteiger partial charge in [0.25, 0.3) is 0 Å². The van der Waals surface area contributed by atoms with Crippen LogP contribution in [0.3, 0.4) is 0 Å². The SMILES string of the molecule is Cc1ccc(F)c(C(C)OC(=O)c2ccc(C#N)[nH]2)c1. The smallest absolute Gasteiger partial charge is 0.355 e. The standard InChI is InChI=1S/C15H13FN2O2/c1-9-3-5-13(16)12(7-9)10(2)20-15(19)14-6-4-11(8-17)18-14/h3-7,10,18H,1-2H3. The van der Waals surface area contributed by atoms with Crippen molar-refractivity contribution < 1.29 is 13.9 Å². The largest absolute Gasteiger partial charge is 0.453 e. The van der Waals surface area contributed by atoms with E-state index in [1.807, 2.05) is 13.0 Å². The Bertz CT molecular complexity index is 685. The van der Waals surface area contributed by atoms with Gasteiger partial charge in [0.2, 0.25) is 0 Å². The van der Waals surface area contributed by atoms with Crippen LogP contribution in [0.1, 0.15) is 40.3 Å². The first-order valence-corrected chi connectivity index (χ1v) is 6.07. The number of benzene rings is 1. The summed E-state index contributed by atoms with van der Waals surface area (Å²) in [6.45, 7) is 3.44. The number of aryl methyl sites for hydroxylation is 1. The minimum Gasteiger partial charge on any atom is -0.453 e. The molecule has 4 nitrogen and oxygen atoms in total. The van der Waals surface area contributed by atoms with E-state index in [1.165, 1.54) is 18.2 Å². The molecule has 20 heavy (non-hydrogen) atoms. The fraction of sp³-hybridized carbons (Fsp3) is 0.200. The highest BCUT2D eigenvalue weighted by atomic mass is 19.1. The second-order valence-corrected chi connectivity index (χ2v) is 4.47. The lowest BCUT2D eigenvalue weighted by atomic mass is 10.1. The molecule has 0 aliphatic heterocycles. The highest BCUT2D eigenvalue weighted by molar-refractivity contribution is 5.87. The Morgan fingerprint density at radius 3 is 2.80 bits per heavy atom. The van der Waals surface area contributed by atoms with Crippen molar-refractivity contribution in [3.63, 3.8) is 0 Å². The quantitative estimate of drug-likeness (QED) is 0.872. The highest BCUT2D eigenvalue weighted by Crippen LogP contribution is 2.22. The summed E-state index contributed by atoms with van der Waals surface area (Å²) < 4.78 is 18.9. The van der Waals surface area contributed by atoms with Gasteiger partial charge in [-0.2, -0.15) is 5.26 Å². The van der Waals surface area contributed by atoms with E-state index in [2.05, 4.69) is 4.98 Å². The molecular formula is C15H13FN2O2. The number of hydrogen-bond acceptors (Lipinski definition) is 3. The first-order chi connectivity index (χ1) is 9.51. The van der Waals surface area contributed by atoms with Gasteiger partial charge in [-0.1, -0.05) is 11.6 Å². The number of H-pyrrole nitrogens is 1. The molecule has 2 rings (SSSR count). The number of esters is 1. The number of nitrogens with zero attached hydrogens (tertiary/aromatic N) is 1. The van der Waals surface area contributed by atoms with E-state index in [-0.39, 0.29) is 11.4 Å². The molecule has 0 saturated carbocycles. The lowest BCUT2D eigenvalue weighted by Gasteiger charge is -2.14. The van der Waals surface area contributed by atoms with Gasteiger partial charge in [-0.05, 0) is 38.1 Å². The third-order valence-electron chi connectivity index (χ3n) is 2.90. The summed E-state index contributed by atoms with van der Waals surface area (Å²) in [5.74, 6) is -1.04.